The van der Waals surface area contributed by atoms with E-state index in [0.717, 1.165) is 34.2 Å². The quantitative estimate of drug-likeness (QED) is 0.633. The number of allylic oxidation sites excluding steroid dienone is 1. The van der Waals surface area contributed by atoms with Crippen LogP contribution in [0.25, 0.3) is 16.8 Å². The zero-order chi connectivity index (χ0) is 23.2. The maximum absolute atomic E-state index is 12.7. The molecule has 1 aliphatic heterocycles. The van der Waals surface area contributed by atoms with Crippen molar-refractivity contribution in [3.05, 3.63) is 79.8 Å². The predicted octanol–water partition coefficient (Wildman–Crippen LogP) is 4.04. The molecule has 3 aromatic rings. The van der Waals surface area contributed by atoms with Crippen molar-refractivity contribution in [2.75, 3.05) is 11.4 Å². The molecule has 0 atom stereocenters. The topological polar surface area (TPSA) is 67.5 Å². The van der Waals surface area contributed by atoms with E-state index in [1.165, 1.54) is 42.2 Å². The van der Waals surface area contributed by atoms with E-state index in [1.54, 1.807) is 0 Å². The average molecular weight is 432 g/mol. The van der Waals surface area contributed by atoms with Gasteiger partial charge in [-0.2, -0.15) is 0 Å². The number of hydrogen-bond donors (Lipinski definition) is 1. The van der Waals surface area contributed by atoms with Gasteiger partial charge < -0.3 is 10.0 Å². The molecule has 0 saturated carbocycles. The number of rotatable bonds is 4. The van der Waals surface area contributed by atoms with Crippen LogP contribution in [0, 0.1) is 0 Å². The zero-order valence-electron chi connectivity index (χ0n) is 19.3. The second-order valence-electron chi connectivity index (χ2n) is 8.89. The fraction of sp³-hybridized carbons (Fsp3) is 0.346. The minimum Gasteiger partial charge on any atom is -0.494 e. The summed E-state index contributed by atoms with van der Waals surface area (Å²) in [6, 6.07) is 12.7. The van der Waals surface area contributed by atoms with E-state index < -0.39 is 11.2 Å². The van der Waals surface area contributed by atoms with Gasteiger partial charge in [0.05, 0.1) is 11.4 Å². The Balaban J connectivity index is 2.00. The third-order valence-corrected chi connectivity index (χ3v) is 6.46. The molecule has 0 saturated heterocycles. The Labute approximate surface area is 187 Å². The lowest BCUT2D eigenvalue weighted by molar-refractivity contribution is 0.410. The molecule has 32 heavy (non-hydrogen) atoms. The molecule has 4 rings (SSSR count). The summed E-state index contributed by atoms with van der Waals surface area (Å²) in [5.41, 5.74) is 5.26. The van der Waals surface area contributed by atoms with Crippen LogP contribution in [0.15, 0.2) is 57.4 Å². The molecule has 1 N–H and O–H groups in total. The summed E-state index contributed by atoms with van der Waals surface area (Å²) < 4.78 is 2.06. The first-order valence-corrected chi connectivity index (χ1v) is 11.0. The van der Waals surface area contributed by atoms with E-state index in [4.69, 9.17) is 0 Å². The monoisotopic (exact) mass is 431 g/mol. The lowest BCUT2D eigenvalue weighted by Gasteiger charge is -2.25. The summed E-state index contributed by atoms with van der Waals surface area (Å²) in [4.78, 5) is 27.1. The average Bonchev–Trinajstić information content (AvgIpc) is 3.01. The van der Waals surface area contributed by atoms with Crippen molar-refractivity contribution in [2.45, 2.75) is 39.0 Å². The molecule has 0 amide bonds. The van der Waals surface area contributed by atoms with Gasteiger partial charge >= 0.3 is 5.69 Å². The van der Waals surface area contributed by atoms with Gasteiger partial charge in [-0.3, -0.25) is 13.9 Å². The molecule has 0 aliphatic carbocycles. The summed E-state index contributed by atoms with van der Waals surface area (Å²) in [6.45, 7) is 7.30. The molecule has 6 nitrogen and oxygen atoms in total. The van der Waals surface area contributed by atoms with Crippen LogP contribution in [0.3, 0.4) is 0 Å². The van der Waals surface area contributed by atoms with Gasteiger partial charge in [-0.15, -0.1) is 0 Å². The summed E-state index contributed by atoms with van der Waals surface area (Å²) in [5, 5.41) is 12.8. The van der Waals surface area contributed by atoms with Crippen LogP contribution in [-0.4, -0.2) is 20.8 Å². The molecule has 6 heteroatoms. The van der Waals surface area contributed by atoms with Crippen LogP contribution in [0.5, 0.6) is 5.88 Å². The molecule has 2 heterocycles. The van der Waals surface area contributed by atoms with Crippen LogP contribution in [0.1, 0.15) is 44.7 Å². The first-order valence-electron chi connectivity index (χ1n) is 11.0. The van der Waals surface area contributed by atoms with Gasteiger partial charge in [0, 0.05) is 37.5 Å². The predicted molar refractivity (Wildman–Crippen MR) is 129 cm³/mol. The van der Waals surface area contributed by atoms with Crippen LogP contribution < -0.4 is 16.1 Å². The van der Waals surface area contributed by atoms with Crippen molar-refractivity contribution in [2.24, 2.45) is 14.1 Å². The van der Waals surface area contributed by atoms with E-state index in [2.05, 4.69) is 61.7 Å². The van der Waals surface area contributed by atoms with Gasteiger partial charge in [-0.05, 0) is 31.2 Å². The van der Waals surface area contributed by atoms with Gasteiger partial charge in [-0.25, -0.2) is 4.79 Å². The number of benzene rings is 2. The standard InChI is InChI=1S/C26H29N3O3/c1-6-7-16-29-21(15-13-19-23(30)27(4)25(32)28(5)24(19)31)26(2,3)20-14-12-17-10-8-9-11-18(17)22(20)29/h8-14,30H,6-7,16H2,1-5H3. The maximum Gasteiger partial charge on any atom is 0.333 e. The lowest BCUT2D eigenvalue weighted by atomic mass is 9.83. The Morgan fingerprint density at radius 1 is 1.06 bits per heavy atom. The van der Waals surface area contributed by atoms with Crippen molar-refractivity contribution in [1.82, 2.24) is 9.13 Å². The smallest absolute Gasteiger partial charge is 0.333 e. The molecule has 0 radical (unpaired) electrons. The summed E-state index contributed by atoms with van der Waals surface area (Å²) >= 11 is 0. The van der Waals surface area contributed by atoms with Crippen LogP contribution in [0.2, 0.25) is 0 Å². The minimum atomic E-state index is -0.568. The van der Waals surface area contributed by atoms with E-state index in [-0.39, 0.29) is 16.9 Å². The Hall–Kier alpha value is -3.50. The molecule has 2 aromatic carbocycles. The second-order valence-corrected chi connectivity index (χ2v) is 8.89. The fourth-order valence-electron chi connectivity index (χ4n) is 4.55. The van der Waals surface area contributed by atoms with Crippen LogP contribution in [0.4, 0.5) is 5.69 Å². The first-order chi connectivity index (χ1) is 15.2. The minimum absolute atomic E-state index is 0.0501. The highest BCUT2D eigenvalue weighted by atomic mass is 16.3. The molecule has 0 unspecified atom stereocenters. The number of unbranched alkanes of at least 4 members (excludes halogenated alkanes) is 1. The van der Waals surface area contributed by atoms with E-state index in [1.807, 2.05) is 6.07 Å². The van der Waals surface area contributed by atoms with Crippen LogP contribution in [-0.2, 0) is 19.5 Å². The molecule has 1 aromatic heterocycles. The highest BCUT2D eigenvalue weighted by Crippen LogP contribution is 2.50. The van der Waals surface area contributed by atoms with Gasteiger partial charge in [0.2, 0.25) is 5.88 Å². The number of nitrogens with zero attached hydrogens (tertiary/aromatic N) is 3. The Kier molecular flexibility index (Phi) is 5.35. The van der Waals surface area contributed by atoms with Gasteiger partial charge in [-0.1, -0.05) is 55.5 Å². The molecule has 0 fully saturated rings. The highest BCUT2D eigenvalue weighted by molar-refractivity contribution is 5.99. The molecular weight excluding hydrogens is 402 g/mol. The van der Waals surface area contributed by atoms with Crippen molar-refractivity contribution in [1.29, 1.82) is 0 Å². The van der Waals surface area contributed by atoms with E-state index in [0.29, 0.717) is 0 Å². The van der Waals surface area contributed by atoms with Crippen molar-refractivity contribution in [3.63, 3.8) is 0 Å². The number of anilines is 1. The number of fused-ring (bicyclic) bond motifs is 3. The van der Waals surface area contributed by atoms with Gasteiger partial charge in [0.1, 0.15) is 5.56 Å². The SMILES string of the molecule is CCCCN1C(=C=Cc2c(O)n(C)c(=O)n(C)c2=O)C(C)(C)c2ccc3ccccc3c21. The number of aromatic hydroxyl groups is 1. The normalized spacial score (nSPS) is 14.5. The van der Waals surface area contributed by atoms with Gasteiger partial charge in [0.25, 0.3) is 5.56 Å². The molecule has 0 bridgehead atoms. The largest absolute Gasteiger partial charge is 0.494 e. The third kappa shape index (κ3) is 3.19. The Morgan fingerprint density at radius 2 is 1.78 bits per heavy atom. The van der Waals surface area contributed by atoms with Crippen LogP contribution >= 0.6 is 0 Å². The Bertz CT molecular complexity index is 1400. The van der Waals surface area contributed by atoms with Crippen molar-refractivity contribution < 1.29 is 5.11 Å². The van der Waals surface area contributed by atoms with E-state index >= 15 is 0 Å². The number of aromatic nitrogens is 2. The lowest BCUT2D eigenvalue weighted by Crippen LogP contribution is -2.37. The van der Waals surface area contributed by atoms with Crippen molar-refractivity contribution in [3.8, 4) is 5.88 Å². The van der Waals surface area contributed by atoms with E-state index in [9.17, 15) is 14.7 Å². The molecule has 1 aliphatic rings. The van der Waals surface area contributed by atoms with Gasteiger partial charge in [0.15, 0.2) is 0 Å². The highest BCUT2D eigenvalue weighted by Gasteiger charge is 2.41. The zero-order valence-corrected chi connectivity index (χ0v) is 19.3. The molecule has 0 spiro atoms. The maximum atomic E-state index is 12.7. The fourth-order valence-corrected chi connectivity index (χ4v) is 4.55. The third-order valence-electron chi connectivity index (χ3n) is 6.46. The van der Waals surface area contributed by atoms with Crippen molar-refractivity contribution >= 4 is 22.5 Å². The first kappa shape index (κ1) is 21.7. The molecular formula is C26H29N3O3. The summed E-state index contributed by atoms with van der Waals surface area (Å²) in [7, 11) is 2.85. The Morgan fingerprint density at radius 3 is 2.50 bits per heavy atom. The summed E-state index contributed by atoms with van der Waals surface area (Å²) in [5.74, 6) is -0.356. The molecule has 166 valence electrons. The number of hydrogen-bond acceptors (Lipinski definition) is 4. The summed E-state index contributed by atoms with van der Waals surface area (Å²) in [6.07, 6.45) is 3.58. The second kappa shape index (κ2) is 7.88.